The number of nitro groups is 2. The molecule has 0 saturated carbocycles. The van der Waals surface area contributed by atoms with Crippen molar-refractivity contribution in [1.82, 2.24) is 10.2 Å². The molecule has 1 fully saturated rings. The summed E-state index contributed by atoms with van der Waals surface area (Å²) in [7, 11) is 0. The van der Waals surface area contributed by atoms with Crippen LogP contribution in [0, 0.1) is 20.2 Å². The molecule has 2 amide bonds. The number of carbonyl (C=O) groups excluding carboxylic acids is 2. The van der Waals surface area contributed by atoms with Gasteiger partial charge in [-0.05, 0) is 43.0 Å². The molecule has 0 aliphatic carbocycles. The fraction of sp³-hybridized carbons (Fsp3) is 0.238. The van der Waals surface area contributed by atoms with Gasteiger partial charge in [0.2, 0.25) is 0 Å². The maximum Gasteiger partial charge on any atom is 0.270 e. The number of likely N-dealkylation sites (tertiary alicyclic amines) is 1. The number of nitrogens with one attached hydrogen (secondary N) is 1. The van der Waals surface area contributed by atoms with Crippen LogP contribution in [0.1, 0.15) is 35.2 Å². The lowest BCUT2D eigenvalue weighted by atomic mass is 10.1. The number of hydrogen-bond acceptors (Lipinski definition) is 6. The van der Waals surface area contributed by atoms with Crippen molar-refractivity contribution >= 4 is 29.3 Å². The zero-order chi connectivity index (χ0) is 22.4. The molecule has 1 heterocycles. The quantitative estimate of drug-likeness (QED) is 0.429. The minimum Gasteiger partial charge on any atom is -0.337 e. The Labute approximate surface area is 177 Å². The molecule has 1 saturated heterocycles. The summed E-state index contributed by atoms with van der Waals surface area (Å²) in [5.74, 6) is -1.00. The summed E-state index contributed by atoms with van der Waals surface area (Å²) >= 11 is 0. The summed E-state index contributed by atoms with van der Waals surface area (Å²) in [5, 5.41) is 24.4. The monoisotopic (exact) mass is 424 g/mol. The lowest BCUT2D eigenvalue weighted by molar-refractivity contribution is -0.385. The van der Waals surface area contributed by atoms with E-state index in [1.165, 1.54) is 48.5 Å². The molecule has 2 aromatic carbocycles. The van der Waals surface area contributed by atoms with Crippen molar-refractivity contribution in [2.45, 2.75) is 19.3 Å². The number of non-ortho nitro benzene ring substituents is 2. The number of hydrogen-bond donors (Lipinski definition) is 1. The van der Waals surface area contributed by atoms with E-state index in [0.717, 1.165) is 19.3 Å². The van der Waals surface area contributed by atoms with Crippen LogP contribution in [-0.2, 0) is 4.79 Å². The van der Waals surface area contributed by atoms with Crippen LogP contribution in [0.25, 0.3) is 6.08 Å². The SMILES string of the molecule is O=C(N/C(=C\c1cccc([N+](=O)[O-])c1)C(=O)N1CCCCC1)c1ccc([N+](=O)[O-])cc1. The molecule has 0 spiro atoms. The molecule has 1 aliphatic heterocycles. The minimum absolute atomic E-state index is 0.0225. The maximum atomic E-state index is 13.1. The summed E-state index contributed by atoms with van der Waals surface area (Å²) in [6, 6.07) is 10.7. The molecule has 0 unspecified atom stereocenters. The highest BCUT2D eigenvalue weighted by Gasteiger charge is 2.23. The van der Waals surface area contributed by atoms with Crippen LogP contribution in [0.5, 0.6) is 0 Å². The molecule has 1 aliphatic rings. The van der Waals surface area contributed by atoms with Gasteiger partial charge in [0.25, 0.3) is 23.2 Å². The van der Waals surface area contributed by atoms with Crippen LogP contribution in [0.4, 0.5) is 11.4 Å². The van der Waals surface area contributed by atoms with E-state index < -0.39 is 15.8 Å². The van der Waals surface area contributed by atoms with E-state index in [-0.39, 0.29) is 28.5 Å². The smallest absolute Gasteiger partial charge is 0.270 e. The van der Waals surface area contributed by atoms with E-state index in [1.807, 2.05) is 0 Å². The van der Waals surface area contributed by atoms with Crippen LogP contribution < -0.4 is 5.32 Å². The number of benzene rings is 2. The van der Waals surface area contributed by atoms with Gasteiger partial charge >= 0.3 is 0 Å². The first-order valence-corrected chi connectivity index (χ1v) is 9.66. The van der Waals surface area contributed by atoms with Crippen LogP contribution in [0.2, 0.25) is 0 Å². The summed E-state index contributed by atoms with van der Waals surface area (Å²) < 4.78 is 0. The second-order valence-electron chi connectivity index (χ2n) is 7.02. The minimum atomic E-state index is -0.614. The zero-order valence-electron chi connectivity index (χ0n) is 16.5. The van der Waals surface area contributed by atoms with Crippen molar-refractivity contribution in [3.05, 3.63) is 85.6 Å². The molecule has 0 bridgehead atoms. The number of nitrogens with zero attached hydrogens (tertiary/aromatic N) is 3. The number of amides is 2. The standard InChI is InChI=1S/C21H20N4O6/c26-20(16-7-9-17(10-8-16)24(28)29)22-19(21(27)23-11-2-1-3-12-23)14-15-5-4-6-18(13-15)25(30)31/h4-10,13-14H,1-3,11-12H2,(H,22,26)/b19-14-. The third-order valence-corrected chi connectivity index (χ3v) is 4.85. The molecule has 3 rings (SSSR count). The molecule has 0 aromatic heterocycles. The summed E-state index contributed by atoms with van der Waals surface area (Å²) in [4.78, 5) is 48.1. The Morgan fingerprint density at radius 2 is 1.55 bits per heavy atom. The van der Waals surface area contributed by atoms with Crippen molar-refractivity contribution in [2.75, 3.05) is 13.1 Å². The lowest BCUT2D eigenvalue weighted by Crippen LogP contribution is -2.41. The first-order valence-electron chi connectivity index (χ1n) is 9.66. The number of piperidine rings is 1. The fourth-order valence-corrected chi connectivity index (χ4v) is 3.24. The van der Waals surface area contributed by atoms with Gasteiger partial charge in [0, 0.05) is 42.9 Å². The first-order chi connectivity index (χ1) is 14.8. The highest BCUT2D eigenvalue weighted by Crippen LogP contribution is 2.18. The largest absolute Gasteiger partial charge is 0.337 e. The second-order valence-corrected chi connectivity index (χ2v) is 7.02. The molecular weight excluding hydrogens is 404 g/mol. The van der Waals surface area contributed by atoms with Gasteiger partial charge in [0.05, 0.1) is 9.85 Å². The van der Waals surface area contributed by atoms with Crippen LogP contribution in [0.15, 0.2) is 54.2 Å². The third-order valence-electron chi connectivity index (χ3n) is 4.85. The van der Waals surface area contributed by atoms with Gasteiger partial charge < -0.3 is 10.2 Å². The predicted molar refractivity (Wildman–Crippen MR) is 112 cm³/mol. The van der Waals surface area contributed by atoms with Gasteiger partial charge in [-0.25, -0.2) is 0 Å². The van der Waals surface area contributed by atoms with Gasteiger partial charge in [-0.2, -0.15) is 0 Å². The van der Waals surface area contributed by atoms with E-state index >= 15 is 0 Å². The summed E-state index contributed by atoms with van der Waals surface area (Å²) in [6.07, 6.45) is 4.12. The Kier molecular flexibility index (Phi) is 6.71. The third kappa shape index (κ3) is 5.50. The van der Waals surface area contributed by atoms with E-state index in [4.69, 9.17) is 0 Å². The molecule has 1 N–H and O–H groups in total. The molecular formula is C21H20N4O6. The zero-order valence-corrected chi connectivity index (χ0v) is 16.5. The van der Waals surface area contributed by atoms with Crippen LogP contribution in [0.3, 0.4) is 0 Å². The van der Waals surface area contributed by atoms with E-state index in [9.17, 15) is 29.8 Å². The van der Waals surface area contributed by atoms with Crippen LogP contribution >= 0.6 is 0 Å². The normalized spacial score (nSPS) is 14.1. The fourth-order valence-electron chi connectivity index (χ4n) is 3.24. The lowest BCUT2D eigenvalue weighted by Gasteiger charge is -2.27. The number of nitro benzene ring substituents is 2. The Morgan fingerprint density at radius 1 is 0.903 bits per heavy atom. The second kappa shape index (κ2) is 9.61. The molecule has 160 valence electrons. The van der Waals surface area contributed by atoms with Gasteiger partial charge in [-0.15, -0.1) is 0 Å². The van der Waals surface area contributed by atoms with Crippen molar-refractivity contribution in [3.8, 4) is 0 Å². The number of carbonyl (C=O) groups is 2. The van der Waals surface area contributed by atoms with Crippen molar-refractivity contribution in [1.29, 1.82) is 0 Å². The van der Waals surface area contributed by atoms with Crippen molar-refractivity contribution < 1.29 is 19.4 Å². The van der Waals surface area contributed by atoms with Gasteiger partial charge in [-0.3, -0.25) is 29.8 Å². The maximum absolute atomic E-state index is 13.1. The van der Waals surface area contributed by atoms with Crippen molar-refractivity contribution in [3.63, 3.8) is 0 Å². The van der Waals surface area contributed by atoms with Crippen LogP contribution in [-0.4, -0.2) is 39.7 Å². The van der Waals surface area contributed by atoms with Gasteiger partial charge in [0.15, 0.2) is 0 Å². The highest BCUT2D eigenvalue weighted by atomic mass is 16.6. The number of rotatable bonds is 6. The first kappa shape index (κ1) is 21.6. The van der Waals surface area contributed by atoms with Crippen molar-refractivity contribution in [2.24, 2.45) is 0 Å². The average molecular weight is 424 g/mol. The predicted octanol–water partition coefficient (Wildman–Crippen LogP) is 3.29. The Morgan fingerprint density at radius 3 is 2.16 bits per heavy atom. The molecule has 0 radical (unpaired) electrons. The summed E-state index contributed by atoms with van der Waals surface area (Å²) in [6.45, 7) is 1.11. The molecule has 0 atom stereocenters. The Balaban J connectivity index is 1.90. The van der Waals surface area contributed by atoms with Gasteiger partial charge in [-0.1, -0.05) is 12.1 Å². The average Bonchev–Trinajstić information content (AvgIpc) is 2.79. The Hall–Kier alpha value is -4.08. The summed E-state index contributed by atoms with van der Waals surface area (Å²) in [5.41, 5.74) is 0.208. The highest BCUT2D eigenvalue weighted by molar-refractivity contribution is 6.05. The molecule has 10 heteroatoms. The van der Waals surface area contributed by atoms with E-state index in [2.05, 4.69) is 5.32 Å². The topological polar surface area (TPSA) is 136 Å². The van der Waals surface area contributed by atoms with E-state index in [1.54, 1.807) is 11.0 Å². The van der Waals surface area contributed by atoms with E-state index in [0.29, 0.717) is 18.7 Å². The molecule has 2 aromatic rings. The molecule has 31 heavy (non-hydrogen) atoms. The molecule has 10 nitrogen and oxygen atoms in total. The van der Waals surface area contributed by atoms with Gasteiger partial charge in [0.1, 0.15) is 5.70 Å². The Bertz CT molecular complexity index is 1040.